The van der Waals surface area contributed by atoms with Crippen LogP contribution in [-0.4, -0.2) is 22.6 Å². The topological polar surface area (TPSA) is 116 Å². The number of para-hydroxylation sites is 1. The predicted octanol–water partition coefficient (Wildman–Crippen LogP) is 3.00. The second kappa shape index (κ2) is 7.34. The molecule has 0 aliphatic carbocycles. The van der Waals surface area contributed by atoms with Crippen LogP contribution in [0.5, 0.6) is 11.5 Å². The van der Waals surface area contributed by atoms with Crippen LogP contribution in [-0.2, 0) is 4.89 Å². The van der Waals surface area contributed by atoms with Gasteiger partial charge in [0.05, 0.1) is 16.1 Å². The minimum Gasteiger partial charge on any atom is -0.507 e. The van der Waals surface area contributed by atoms with Crippen LogP contribution in [0.1, 0.15) is 39.3 Å². The molecule has 0 saturated heterocycles. The van der Waals surface area contributed by atoms with Gasteiger partial charge in [0.1, 0.15) is 11.9 Å². The summed E-state index contributed by atoms with van der Waals surface area (Å²) < 4.78 is 0. The molecule has 0 radical (unpaired) electrons. The van der Waals surface area contributed by atoms with Crippen LogP contribution in [0.15, 0.2) is 36.4 Å². The van der Waals surface area contributed by atoms with Crippen LogP contribution in [0.4, 0.5) is 5.69 Å². The van der Waals surface area contributed by atoms with E-state index in [2.05, 4.69) is 0 Å². The fourth-order valence-corrected chi connectivity index (χ4v) is 2.00. The van der Waals surface area contributed by atoms with Gasteiger partial charge >= 0.3 is 0 Å². The van der Waals surface area contributed by atoms with Crippen molar-refractivity contribution >= 4 is 18.3 Å². The van der Waals surface area contributed by atoms with E-state index < -0.39 is 16.8 Å². The highest BCUT2D eigenvalue weighted by Crippen LogP contribution is 2.33. The van der Waals surface area contributed by atoms with Gasteiger partial charge < -0.3 is 9.99 Å². The fraction of sp³-hybridized carbons (Fsp3) is 0.125. The summed E-state index contributed by atoms with van der Waals surface area (Å²) in [7, 11) is 0. The normalized spacial score (nSPS) is 11.5. The van der Waals surface area contributed by atoms with E-state index in [1.165, 1.54) is 19.1 Å². The number of aldehydes is 2. The highest BCUT2D eigenvalue weighted by Gasteiger charge is 2.21. The van der Waals surface area contributed by atoms with E-state index in [0.717, 1.165) is 12.1 Å². The lowest BCUT2D eigenvalue weighted by Crippen LogP contribution is -2.07. The monoisotopic (exact) mass is 331 g/mol. The maximum absolute atomic E-state index is 10.9. The SMILES string of the molecule is CC(OOc1ccccc1C=O)c1cc([N+](=O)[O-])cc(C=O)c1O. The highest BCUT2D eigenvalue weighted by atomic mass is 17.2. The number of benzene rings is 2. The quantitative estimate of drug-likeness (QED) is 0.359. The molecular formula is C16H13NO7. The van der Waals surface area contributed by atoms with Crippen molar-refractivity contribution in [3.05, 3.63) is 63.2 Å². The van der Waals surface area contributed by atoms with E-state index in [1.807, 2.05) is 0 Å². The molecule has 8 heteroatoms. The van der Waals surface area contributed by atoms with Crippen molar-refractivity contribution in [2.45, 2.75) is 13.0 Å². The number of nitrogens with zero attached hydrogens (tertiary/aromatic N) is 1. The molecule has 0 fully saturated rings. The van der Waals surface area contributed by atoms with Gasteiger partial charge in [0.15, 0.2) is 18.3 Å². The number of aromatic hydroxyl groups is 1. The van der Waals surface area contributed by atoms with Crippen molar-refractivity contribution in [2.24, 2.45) is 0 Å². The number of phenolic OH excluding ortho intramolecular Hbond substituents is 1. The number of carbonyl (C=O) groups is 2. The average molecular weight is 331 g/mol. The van der Waals surface area contributed by atoms with E-state index >= 15 is 0 Å². The standard InChI is InChI=1S/C16H13NO7/c1-10(23-24-15-5-3-2-4-11(15)8-18)14-7-13(17(21)22)6-12(9-19)16(14)20/h2-10,20H,1H3. The van der Waals surface area contributed by atoms with Crippen LogP contribution >= 0.6 is 0 Å². The lowest BCUT2D eigenvalue weighted by atomic mass is 10.0. The van der Waals surface area contributed by atoms with Crippen LogP contribution in [0, 0.1) is 10.1 Å². The van der Waals surface area contributed by atoms with Gasteiger partial charge in [-0.15, -0.1) is 0 Å². The largest absolute Gasteiger partial charge is 0.507 e. The third-order valence-corrected chi connectivity index (χ3v) is 3.26. The molecule has 0 aliphatic rings. The lowest BCUT2D eigenvalue weighted by molar-refractivity contribution is -0.385. The molecule has 0 bridgehead atoms. The molecule has 24 heavy (non-hydrogen) atoms. The molecule has 0 saturated carbocycles. The van der Waals surface area contributed by atoms with Crippen LogP contribution in [0.3, 0.4) is 0 Å². The van der Waals surface area contributed by atoms with Gasteiger partial charge in [-0.25, -0.2) is 0 Å². The third kappa shape index (κ3) is 3.55. The lowest BCUT2D eigenvalue weighted by Gasteiger charge is -2.15. The minimum atomic E-state index is -0.941. The molecule has 124 valence electrons. The van der Waals surface area contributed by atoms with Gasteiger partial charge in [0, 0.05) is 17.7 Å². The Morgan fingerprint density at radius 1 is 1.17 bits per heavy atom. The Hall–Kier alpha value is -3.26. The van der Waals surface area contributed by atoms with Crippen molar-refractivity contribution in [2.75, 3.05) is 0 Å². The van der Waals surface area contributed by atoms with Crippen molar-refractivity contribution in [3.63, 3.8) is 0 Å². The first-order valence-electron chi connectivity index (χ1n) is 6.82. The number of nitro benzene ring substituents is 1. The third-order valence-electron chi connectivity index (χ3n) is 3.26. The number of nitro groups is 1. The molecule has 2 aromatic carbocycles. The van der Waals surface area contributed by atoms with Gasteiger partial charge in [0.2, 0.25) is 0 Å². The second-order valence-electron chi connectivity index (χ2n) is 4.83. The summed E-state index contributed by atoms with van der Waals surface area (Å²) in [6.07, 6.45) is -0.0527. The first-order valence-corrected chi connectivity index (χ1v) is 6.82. The molecule has 1 atom stereocenters. The zero-order valence-electron chi connectivity index (χ0n) is 12.5. The van der Waals surface area contributed by atoms with E-state index in [1.54, 1.807) is 12.1 Å². The summed E-state index contributed by atoms with van der Waals surface area (Å²) in [5.74, 6) is -0.282. The summed E-state index contributed by atoms with van der Waals surface area (Å²) in [5, 5.41) is 20.9. The molecule has 8 nitrogen and oxygen atoms in total. The van der Waals surface area contributed by atoms with Gasteiger partial charge in [-0.2, -0.15) is 4.89 Å². The van der Waals surface area contributed by atoms with E-state index in [0.29, 0.717) is 12.6 Å². The first kappa shape index (κ1) is 17.1. The summed E-state index contributed by atoms with van der Waals surface area (Å²) in [6.45, 7) is 1.47. The summed E-state index contributed by atoms with van der Waals surface area (Å²) in [5.41, 5.74) is -0.340. The smallest absolute Gasteiger partial charge is 0.270 e. The average Bonchev–Trinajstić information content (AvgIpc) is 2.59. The number of hydrogen-bond donors (Lipinski definition) is 1. The Labute approximate surface area is 136 Å². The first-order chi connectivity index (χ1) is 11.5. The summed E-state index contributed by atoms with van der Waals surface area (Å²) in [4.78, 5) is 42.3. The molecule has 1 unspecified atom stereocenters. The second-order valence-corrected chi connectivity index (χ2v) is 4.83. The fourth-order valence-electron chi connectivity index (χ4n) is 2.00. The number of rotatable bonds is 7. The van der Waals surface area contributed by atoms with E-state index in [4.69, 9.17) is 9.78 Å². The minimum absolute atomic E-state index is 0.00915. The Bertz CT molecular complexity index is 788. The molecule has 0 spiro atoms. The molecule has 2 rings (SSSR count). The van der Waals surface area contributed by atoms with Crippen LogP contribution < -0.4 is 4.89 Å². The van der Waals surface area contributed by atoms with E-state index in [9.17, 15) is 24.8 Å². The number of phenols is 1. The van der Waals surface area contributed by atoms with Crippen molar-refractivity contribution in [3.8, 4) is 11.5 Å². The van der Waals surface area contributed by atoms with Gasteiger partial charge in [0.25, 0.3) is 5.69 Å². The van der Waals surface area contributed by atoms with Crippen LogP contribution in [0.25, 0.3) is 0 Å². The number of hydrogen-bond acceptors (Lipinski definition) is 7. The highest BCUT2D eigenvalue weighted by molar-refractivity contribution is 5.81. The van der Waals surface area contributed by atoms with Crippen molar-refractivity contribution in [1.29, 1.82) is 0 Å². The van der Waals surface area contributed by atoms with Crippen LogP contribution in [0.2, 0.25) is 0 Å². The van der Waals surface area contributed by atoms with Crippen molar-refractivity contribution in [1.82, 2.24) is 0 Å². The number of carbonyl (C=O) groups excluding carboxylic acids is 2. The number of non-ortho nitro benzene ring substituents is 1. The Balaban J connectivity index is 2.27. The molecule has 2 aromatic rings. The Morgan fingerprint density at radius 3 is 2.46 bits per heavy atom. The summed E-state index contributed by atoms with van der Waals surface area (Å²) >= 11 is 0. The zero-order chi connectivity index (χ0) is 17.7. The van der Waals surface area contributed by atoms with Gasteiger partial charge in [-0.3, -0.25) is 19.7 Å². The van der Waals surface area contributed by atoms with Gasteiger partial charge in [-0.1, -0.05) is 12.1 Å². The van der Waals surface area contributed by atoms with Crippen molar-refractivity contribution < 1.29 is 29.4 Å². The maximum Gasteiger partial charge on any atom is 0.270 e. The summed E-state index contributed by atoms with van der Waals surface area (Å²) in [6, 6.07) is 8.34. The zero-order valence-corrected chi connectivity index (χ0v) is 12.5. The molecule has 0 amide bonds. The Morgan fingerprint density at radius 2 is 1.83 bits per heavy atom. The van der Waals surface area contributed by atoms with E-state index in [-0.39, 0.29) is 28.1 Å². The van der Waals surface area contributed by atoms with Gasteiger partial charge in [-0.05, 0) is 19.1 Å². The maximum atomic E-state index is 10.9. The molecule has 0 aliphatic heterocycles. The molecule has 0 aromatic heterocycles. The predicted molar refractivity (Wildman–Crippen MR) is 82.1 cm³/mol. The molecule has 0 heterocycles. The molecular weight excluding hydrogens is 318 g/mol. The Kier molecular flexibility index (Phi) is 5.23. The molecule has 1 N–H and O–H groups in total.